The Balaban J connectivity index is 1.50. The molecule has 0 saturated carbocycles. The highest BCUT2D eigenvalue weighted by Gasteiger charge is 2.25. The molecule has 0 radical (unpaired) electrons. The molecule has 2 aromatic carbocycles. The first-order valence-electron chi connectivity index (χ1n) is 11.0. The van der Waals surface area contributed by atoms with Gasteiger partial charge in [0.2, 0.25) is 0 Å². The van der Waals surface area contributed by atoms with Crippen LogP contribution in [0.15, 0.2) is 54.6 Å². The smallest absolute Gasteiger partial charge is 0.257 e. The number of hydrogen-bond acceptors (Lipinski definition) is 5. The number of fused-ring (bicyclic) bond motifs is 2. The molecule has 3 heterocycles. The number of quaternary nitrogens is 1. The topological polar surface area (TPSA) is 99.5 Å². The summed E-state index contributed by atoms with van der Waals surface area (Å²) in [6.45, 7) is 5.46. The molecule has 8 heteroatoms. The number of nitrogen functional groups attached to an aromatic ring is 1. The molecule has 0 atom stereocenters. The van der Waals surface area contributed by atoms with Gasteiger partial charge in [-0.25, -0.2) is 9.97 Å². The van der Waals surface area contributed by atoms with Crippen LogP contribution in [0.25, 0.3) is 22.2 Å². The molecule has 164 valence electrons. The molecule has 8 nitrogen and oxygen atoms in total. The minimum Gasteiger partial charge on any atom is -0.384 e. The van der Waals surface area contributed by atoms with Gasteiger partial charge in [0, 0.05) is 6.54 Å². The highest BCUT2D eigenvalue weighted by atomic mass is 16.5. The lowest BCUT2D eigenvalue weighted by atomic mass is 10.2. The highest BCUT2D eigenvalue weighted by molar-refractivity contribution is 6.10. The van der Waals surface area contributed by atoms with Crippen molar-refractivity contribution in [3.63, 3.8) is 0 Å². The van der Waals surface area contributed by atoms with Crippen molar-refractivity contribution < 1.29 is 14.4 Å². The maximum absolute atomic E-state index is 13.2. The number of hydrogen-bond donors (Lipinski definition) is 3. The number of carbonyl (C=O) groups excluding carboxylic acids is 1. The van der Waals surface area contributed by atoms with E-state index in [4.69, 9.17) is 20.4 Å². The van der Waals surface area contributed by atoms with Gasteiger partial charge in [0.15, 0.2) is 5.65 Å². The van der Waals surface area contributed by atoms with Gasteiger partial charge in [0.1, 0.15) is 30.0 Å². The summed E-state index contributed by atoms with van der Waals surface area (Å²) >= 11 is 0. The molecule has 32 heavy (non-hydrogen) atoms. The van der Waals surface area contributed by atoms with Gasteiger partial charge in [-0.1, -0.05) is 42.5 Å². The van der Waals surface area contributed by atoms with E-state index in [0.717, 1.165) is 49.4 Å². The quantitative estimate of drug-likeness (QED) is 0.423. The molecule has 0 aliphatic carbocycles. The maximum atomic E-state index is 13.2. The lowest BCUT2D eigenvalue weighted by molar-refractivity contribution is -0.908. The number of benzene rings is 2. The second kappa shape index (κ2) is 8.94. The summed E-state index contributed by atoms with van der Waals surface area (Å²) in [4.78, 5) is 24.3. The zero-order valence-electron chi connectivity index (χ0n) is 17.9. The number of nitrogens with two attached hydrogens (primary N) is 1. The first kappa shape index (κ1) is 20.4. The number of rotatable bonds is 6. The van der Waals surface area contributed by atoms with Crippen LogP contribution in [0.1, 0.15) is 15.9 Å². The first-order chi connectivity index (χ1) is 15.7. The lowest BCUT2D eigenvalue weighted by Crippen LogP contribution is -3.14. The van der Waals surface area contributed by atoms with Gasteiger partial charge in [-0.3, -0.25) is 4.79 Å². The van der Waals surface area contributed by atoms with Gasteiger partial charge in [-0.2, -0.15) is 0 Å². The Morgan fingerprint density at radius 1 is 1.03 bits per heavy atom. The van der Waals surface area contributed by atoms with Crippen LogP contribution in [0, 0.1) is 0 Å². The predicted octanol–water partition coefficient (Wildman–Crippen LogP) is 1.01. The van der Waals surface area contributed by atoms with Crippen molar-refractivity contribution in [3.05, 3.63) is 65.7 Å². The monoisotopic (exact) mass is 431 g/mol. The van der Waals surface area contributed by atoms with Crippen molar-refractivity contribution in [1.29, 1.82) is 0 Å². The van der Waals surface area contributed by atoms with Crippen LogP contribution in [-0.2, 0) is 17.8 Å². The maximum Gasteiger partial charge on any atom is 0.257 e. The second-order valence-corrected chi connectivity index (χ2v) is 8.08. The first-order valence-corrected chi connectivity index (χ1v) is 11.0. The molecule has 0 spiro atoms. The van der Waals surface area contributed by atoms with E-state index in [9.17, 15) is 4.79 Å². The van der Waals surface area contributed by atoms with Crippen molar-refractivity contribution in [2.75, 3.05) is 38.6 Å². The third-order valence-electron chi connectivity index (χ3n) is 6.00. The zero-order valence-corrected chi connectivity index (χ0v) is 17.9. The van der Waals surface area contributed by atoms with Crippen molar-refractivity contribution >= 4 is 33.9 Å². The molecular weight excluding hydrogens is 404 g/mol. The third kappa shape index (κ3) is 4.02. The fraction of sp³-hybridized carbons (Fsp3) is 0.292. The second-order valence-electron chi connectivity index (χ2n) is 8.08. The van der Waals surface area contributed by atoms with Gasteiger partial charge in [-0.05, 0) is 17.7 Å². The SMILES string of the molecule is Nc1c(C(=O)NCc2ccccc2)c2nc3ccccc3nc2n1CC[NH+]1CCOCC1. The summed E-state index contributed by atoms with van der Waals surface area (Å²) < 4.78 is 7.40. The molecule has 1 saturated heterocycles. The Bertz CT molecular complexity index is 1250. The molecule has 0 unspecified atom stereocenters. The largest absolute Gasteiger partial charge is 0.384 e. The van der Waals surface area contributed by atoms with Crippen LogP contribution in [0.2, 0.25) is 0 Å². The predicted molar refractivity (Wildman–Crippen MR) is 123 cm³/mol. The summed E-state index contributed by atoms with van der Waals surface area (Å²) in [6, 6.07) is 17.5. The van der Waals surface area contributed by atoms with E-state index in [1.165, 1.54) is 4.90 Å². The number of ether oxygens (including phenoxy) is 1. The molecule has 1 fully saturated rings. The van der Waals surface area contributed by atoms with Crippen LogP contribution in [0.4, 0.5) is 5.82 Å². The normalized spacial score (nSPS) is 14.8. The minimum atomic E-state index is -0.238. The summed E-state index contributed by atoms with van der Waals surface area (Å²) in [7, 11) is 0. The Kier molecular flexibility index (Phi) is 5.70. The zero-order chi connectivity index (χ0) is 21.9. The van der Waals surface area contributed by atoms with Gasteiger partial charge in [0.05, 0.1) is 37.3 Å². The van der Waals surface area contributed by atoms with Crippen LogP contribution < -0.4 is 16.0 Å². The number of anilines is 1. The molecule has 5 rings (SSSR count). The third-order valence-corrected chi connectivity index (χ3v) is 6.00. The fourth-order valence-electron chi connectivity index (χ4n) is 4.21. The fourth-order valence-corrected chi connectivity index (χ4v) is 4.21. The Labute approximate surface area is 186 Å². The Hall–Kier alpha value is -3.49. The number of aromatic nitrogens is 3. The molecular formula is C24H27N6O2+. The lowest BCUT2D eigenvalue weighted by Gasteiger charge is -2.24. The summed E-state index contributed by atoms with van der Waals surface area (Å²) in [5.41, 5.74) is 10.7. The highest BCUT2D eigenvalue weighted by Crippen LogP contribution is 2.27. The number of morpholine rings is 1. The number of amides is 1. The van der Waals surface area contributed by atoms with Crippen LogP contribution in [0.5, 0.6) is 0 Å². The molecule has 0 bridgehead atoms. The van der Waals surface area contributed by atoms with Crippen molar-refractivity contribution in [2.45, 2.75) is 13.1 Å². The Morgan fingerprint density at radius 3 is 2.47 bits per heavy atom. The van der Waals surface area contributed by atoms with Crippen LogP contribution >= 0.6 is 0 Å². The molecule has 1 amide bonds. The summed E-state index contributed by atoms with van der Waals surface area (Å²) in [6.07, 6.45) is 0. The van der Waals surface area contributed by atoms with Crippen LogP contribution in [-0.4, -0.2) is 53.3 Å². The van der Waals surface area contributed by atoms with E-state index in [2.05, 4.69) is 5.32 Å². The Morgan fingerprint density at radius 2 is 1.72 bits per heavy atom. The standard InChI is InChI=1S/C24H26N6O2/c25-22-20(24(31)26-16-17-6-2-1-3-7-17)21-23(28-19-9-5-4-8-18(19)27-21)30(22)11-10-29-12-14-32-15-13-29/h1-9H,10-16,25H2,(H,26,31)/p+1. The van der Waals surface area contributed by atoms with E-state index in [1.54, 1.807) is 0 Å². The van der Waals surface area contributed by atoms with Crippen molar-refractivity contribution in [2.24, 2.45) is 0 Å². The van der Waals surface area contributed by atoms with Crippen molar-refractivity contribution in [3.8, 4) is 0 Å². The molecule has 1 aliphatic rings. The van der Waals surface area contributed by atoms with Gasteiger partial charge >= 0.3 is 0 Å². The number of nitrogens with one attached hydrogen (secondary N) is 2. The van der Waals surface area contributed by atoms with E-state index in [1.807, 2.05) is 59.2 Å². The van der Waals surface area contributed by atoms with Crippen molar-refractivity contribution in [1.82, 2.24) is 19.9 Å². The average molecular weight is 432 g/mol. The summed E-state index contributed by atoms with van der Waals surface area (Å²) in [5, 5.41) is 2.99. The average Bonchev–Trinajstić information content (AvgIpc) is 3.11. The van der Waals surface area contributed by atoms with E-state index >= 15 is 0 Å². The number of nitrogens with zero attached hydrogens (tertiary/aromatic N) is 3. The van der Waals surface area contributed by atoms with E-state index in [-0.39, 0.29) is 5.91 Å². The number of carbonyl (C=O) groups is 1. The molecule has 1 aliphatic heterocycles. The minimum absolute atomic E-state index is 0.238. The van der Waals surface area contributed by atoms with Gasteiger partial charge in [-0.15, -0.1) is 0 Å². The van der Waals surface area contributed by atoms with E-state index in [0.29, 0.717) is 35.6 Å². The molecule has 4 aromatic rings. The van der Waals surface area contributed by atoms with Gasteiger partial charge in [0.25, 0.3) is 5.91 Å². The number of para-hydroxylation sites is 2. The van der Waals surface area contributed by atoms with Crippen LogP contribution in [0.3, 0.4) is 0 Å². The molecule has 4 N–H and O–H groups in total. The molecule has 2 aromatic heterocycles. The van der Waals surface area contributed by atoms with Gasteiger partial charge < -0.3 is 25.3 Å². The van der Waals surface area contributed by atoms with E-state index < -0.39 is 0 Å². The summed E-state index contributed by atoms with van der Waals surface area (Å²) in [5.74, 6) is 0.173.